The van der Waals surface area contributed by atoms with Gasteiger partial charge in [-0.2, -0.15) is 0 Å². The lowest BCUT2D eigenvalue weighted by atomic mass is 10.2. The van der Waals surface area contributed by atoms with E-state index in [0.717, 1.165) is 31.8 Å². The summed E-state index contributed by atoms with van der Waals surface area (Å²) >= 11 is 0. The van der Waals surface area contributed by atoms with Crippen molar-refractivity contribution in [2.75, 3.05) is 13.1 Å². The zero-order chi connectivity index (χ0) is 9.97. The summed E-state index contributed by atoms with van der Waals surface area (Å²) in [6, 6.07) is 0.632. The Morgan fingerprint density at radius 3 is 2.57 bits per heavy atom. The summed E-state index contributed by atoms with van der Waals surface area (Å²) in [5.74, 6) is 1.50. The van der Waals surface area contributed by atoms with Crippen LogP contribution in [0.5, 0.6) is 0 Å². The molecule has 3 heteroatoms. The van der Waals surface area contributed by atoms with Crippen LogP contribution in [0.1, 0.15) is 32.6 Å². The van der Waals surface area contributed by atoms with Gasteiger partial charge in [-0.1, -0.05) is 0 Å². The van der Waals surface area contributed by atoms with E-state index in [1.165, 1.54) is 12.8 Å². The lowest BCUT2D eigenvalue weighted by molar-refractivity contribution is -0.122. The van der Waals surface area contributed by atoms with Crippen LogP contribution in [0.15, 0.2) is 0 Å². The van der Waals surface area contributed by atoms with Crippen molar-refractivity contribution in [3.63, 3.8) is 0 Å². The smallest absolute Gasteiger partial charge is 0.223 e. The molecule has 0 aromatic carbocycles. The molecule has 2 fully saturated rings. The summed E-state index contributed by atoms with van der Waals surface area (Å²) in [4.78, 5) is 11.3. The third-order valence-electron chi connectivity index (χ3n) is 3.17. The second-order valence-corrected chi connectivity index (χ2v) is 4.65. The van der Waals surface area contributed by atoms with Crippen molar-refractivity contribution in [1.29, 1.82) is 0 Å². The summed E-state index contributed by atoms with van der Waals surface area (Å²) < 4.78 is 0. The number of carbonyl (C=O) groups is 1. The fraction of sp³-hybridized carbons (Fsp3) is 0.909. The predicted octanol–water partition coefficient (Wildman–Crippen LogP) is 0.901. The normalized spacial score (nSPS) is 23.2. The average Bonchev–Trinajstić information content (AvgIpc) is 3.06. The SMILES string of the molecule is C[C@@H](NCCNC(=O)C1CC1)C1CC1. The first-order chi connectivity index (χ1) is 6.77. The molecule has 0 aromatic rings. The fourth-order valence-corrected chi connectivity index (χ4v) is 1.74. The number of hydrogen-bond donors (Lipinski definition) is 2. The van der Waals surface area contributed by atoms with Gasteiger partial charge < -0.3 is 10.6 Å². The monoisotopic (exact) mass is 196 g/mol. The van der Waals surface area contributed by atoms with Crippen LogP contribution in [0.3, 0.4) is 0 Å². The van der Waals surface area contributed by atoms with E-state index in [4.69, 9.17) is 0 Å². The molecule has 14 heavy (non-hydrogen) atoms. The Labute approximate surface area is 85.6 Å². The Balaban J connectivity index is 1.47. The lowest BCUT2D eigenvalue weighted by Crippen LogP contribution is -2.37. The van der Waals surface area contributed by atoms with Crippen LogP contribution in [0.4, 0.5) is 0 Å². The summed E-state index contributed by atoms with van der Waals surface area (Å²) in [6.07, 6.45) is 4.95. The predicted molar refractivity (Wildman–Crippen MR) is 55.9 cm³/mol. The molecular formula is C11H20N2O. The first-order valence-corrected chi connectivity index (χ1v) is 5.78. The molecule has 0 aromatic heterocycles. The van der Waals surface area contributed by atoms with Crippen LogP contribution in [0, 0.1) is 11.8 Å². The van der Waals surface area contributed by atoms with Gasteiger partial charge in [-0.25, -0.2) is 0 Å². The molecular weight excluding hydrogens is 176 g/mol. The van der Waals surface area contributed by atoms with Gasteiger partial charge in [-0.3, -0.25) is 4.79 Å². The minimum atomic E-state index is 0.255. The first kappa shape index (κ1) is 9.97. The molecule has 0 radical (unpaired) electrons. The van der Waals surface area contributed by atoms with Crippen molar-refractivity contribution in [3.8, 4) is 0 Å². The second-order valence-electron chi connectivity index (χ2n) is 4.65. The third kappa shape index (κ3) is 2.98. The first-order valence-electron chi connectivity index (χ1n) is 5.78. The van der Waals surface area contributed by atoms with Crippen molar-refractivity contribution in [1.82, 2.24) is 10.6 Å². The maximum atomic E-state index is 11.3. The molecule has 0 heterocycles. The maximum absolute atomic E-state index is 11.3. The number of rotatable bonds is 6. The Bertz CT molecular complexity index is 209. The molecule has 80 valence electrons. The number of amides is 1. The van der Waals surface area contributed by atoms with E-state index in [1.54, 1.807) is 0 Å². The topological polar surface area (TPSA) is 41.1 Å². The minimum Gasteiger partial charge on any atom is -0.355 e. The second kappa shape index (κ2) is 4.30. The molecule has 3 nitrogen and oxygen atoms in total. The van der Waals surface area contributed by atoms with E-state index in [2.05, 4.69) is 17.6 Å². The number of hydrogen-bond acceptors (Lipinski definition) is 2. The van der Waals surface area contributed by atoms with Gasteiger partial charge in [0.15, 0.2) is 0 Å². The lowest BCUT2D eigenvalue weighted by Gasteiger charge is -2.12. The van der Waals surface area contributed by atoms with E-state index < -0.39 is 0 Å². The highest BCUT2D eigenvalue weighted by molar-refractivity contribution is 5.80. The van der Waals surface area contributed by atoms with E-state index in [0.29, 0.717) is 12.0 Å². The molecule has 2 rings (SSSR count). The largest absolute Gasteiger partial charge is 0.355 e. The number of nitrogens with one attached hydrogen (secondary N) is 2. The van der Waals surface area contributed by atoms with E-state index in [9.17, 15) is 4.79 Å². The maximum Gasteiger partial charge on any atom is 0.223 e. The van der Waals surface area contributed by atoms with Gasteiger partial charge in [-0.05, 0) is 38.5 Å². The van der Waals surface area contributed by atoms with Crippen LogP contribution < -0.4 is 10.6 Å². The van der Waals surface area contributed by atoms with Crippen molar-refractivity contribution < 1.29 is 4.79 Å². The number of carbonyl (C=O) groups excluding carboxylic acids is 1. The van der Waals surface area contributed by atoms with Crippen LogP contribution >= 0.6 is 0 Å². The molecule has 0 saturated heterocycles. The zero-order valence-corrected chi connectivity index (χ0v) is 8.88. The van der Waals surface area contributed by atoms with Gasteiger partial charge in [0.25, 0.3) is 0 Å². The summed E-state index contributed by atoms with van der Waals surface area (Å²) in [5.41, 5.74) is 0. The van der Waals surface area contributed by atoms with Gasteiger partial charge in [0.1, 0.15) is 0 Å². The quantitative estimate of drug-likeness (QED) is 0.620. The van der Waals surface area contributed by atoms with Gasteiger partial charge in [0.2, 0.25) is 5.91 Å². The minimum absolute atomic E-state index is 0.255. The molecule has 2 aliphatic rings. The van der Waals surface area contributed by atoms with Crippen LogP contribution in [0.2, 0.25) is 0 Å². The fourth-order valence-electron chi connectivity index (χ4n) is 1.74. The molecule has 0 aliphatic heterocycles. The van der Waals surface area contributed by atoms with E-state index in [-0.39, 0.29) is 5.91 Å². The highest BCUT2D eigenvalue weighted by Gasteiger charge is 2.29. The van der Waals surface area contributed by atoms with Gasteiger partial charge in [0.05, 0.1) is 0 Å². The van der Waals surface area contributed by atoms with Crippen molar-refractivity contribution >= 4 is 5.91 Å². The van der Waals surface area contributed by atoms with Crippen LogP contribution in [-0.2, 0) is 4.79 Å². The van der Waals surface area contributed by atoms with Crippen LogP contribution in [-0.4, -0.2) is 25.0 Å². The average molecular weight is 196 g/mol. The Morgan fingerprint density at radius 2 is 2.00 bits per heavy atom. The summed E-state index contributed by atoms with van der Waals surface area (Å²) in [7, 11) is 0. The molecule has 0 spiro atoms. The molecule has 2 N–H and O–H groups in total. The Kier molecular flexibility index (Phi) is 3.06. The van der Waals surface area contributed by atoms with E-state index in [1.807, 2.05) is 0 Å². The molecule has 1 atom stereocenters. The summed E-state index contributed by atoms with van der Waals surface area (Å²) in [6.45, 7) is 3.93. The highest BCUT2D eigenvalue weighted by Crippen LogP contribution is 2.32. The standard InChI is InChI=1S/C11H20N2O/c1-8(9-2-3-9)12-6-7-13-11(14)10-4-5-10/h8-10,12H,2-7H2,1H3,(H,13,14)/t8-/m1/s1. The van der Waals surface area contributed by atoms with Gasteiger partial charge in [-0.15, -0.1) is 0 Å². The molecule has 0 unspecified atom stereocenters. The van der Waals surface area contributed by atoms with Crippen molar-refractivity contribution in [3.05, 3.63) is 0 Å². The van der Waals surface area contributed by atoms with Crippen LogP contribution in [0.25, 0.3) is 0 Å². The highest BCUT2D eigenvalue weighted by atomic mass is 16.2. The molecule has 2 aliphatic carbocycles. The molecule has 1 amide bonds. The molecule has 0 bridgehead atoms. The van der Waals surface area contributed by atoms with Gasteiger partial charge >= 0.3 is 0 Å². The Morgan fingerprint density at radius 1 is 1.29 bits per heavy atom. The molecule has 2 saturated carbocycles. The van der Waals surface area contributed by atoms with Crippen molar-refractivity contribution in [2.45, 2.75) is 38.6 Å². The summed E-state index contributed by atoms with van der Waals surface area (Å²) in [5, 5.41) is 6.40. The zero-order valence-electron chi connectivity index (χ0n) is 8.88. The third-order valence-corrected chi connectivity index (χ3v) is 3.17. The Hall–Kier alpha value is -0.570. The van der Waals surface area contributed by atoms with Crippen molar-refractivity contribution in [2.24, 2.45) is 11.8 Å². The van der Waals surface area contributed by atoms with Gasteiger partial charge in [0, 0.05) is 25.0 Å². The van der Waals surface area contributed by atoms with E-state index >= 15 is 0 Å².